The Labute approximate surface area is 123 Å². The van der Waals surface area contributed by atoms with E-state index in [1.165, 1.54) is 48.8 Å². The molecule has 2 aromatic carbocycles. The molecule has 0 aliphatic rings. The van der Waals surface area contributed by atoms with Crippen LogP contribution in [-0.2, 0) is 6.42 Å². The van der Waals surface area contributed by atoms with Crippen molar-refractivity contribution in [3.05, 3.63) is 71.3 Å². The van der Waals surface area contributed by atoms with Gasteiger partial charge in [0.1, 0.15) is 0 Å². The lowest BCUT2D eigenvalue weighted by molar-refractivity contribution is 0.684. The largest absolute Gasteiger partial charge is 0.0654 e. The first-order valence-corrected chi connectivity index (χ1v) is 7.99. The number of hydrogen-bond donors (Lipinski definition) is 0. The first kappa shape index (κ1) is 14.8. The minimum Gasteiger partial charge on any atom is -0.0654 e. The van der Waals surface area contributed by atoms with Gasteiger partial charge in [-0.05, 0) is 36.0 Å². The van der Waals surface area contributed by atoms with E-state index < -0.39 is 0 Å². The average molecular weight is 266 g/mol. The Morgan fingerprint density at radius 3 is 2.20 bits per heavy atom. The van der Waals surface area contributed by atoms with Crippen LogP contribution in [0.4, 0.5) is 0 Å². The van der Waals surface area contributed by atoms with E-state index in [2.05, 4.69) is 68.4 Å². The third kappa shape index (κ3) is 3.72. The molecule has 0 radical (unpaired) electrons. The van der Waals surface area contributed by atoms with E-state index in [9.17, 15) is 0 Å². The maximum atomic E-state index is 2.33. The van der Waals surface area contributed by atoms with Crippen molar-refractivity contribution in [1.82, 2.24) is 0 Å². The van der Waals surface area contributed by atoms with Gasteiger partial charge in [-0.3, -0.25) is 0 Å². The fourth-order valence-corrected chi connectivity index (χ4v) is 2.94. The number of rotatable bonds is 7. The van der Waals surface area contributed by atoms with Gasteiger partial charge in [-0.2, -0.15) is 0 Å². The molecule has 1 unspecified atom stereocenters. The Morgan fingerprint density at radius 2 is 1.50 bits per heavy atom. The van der Waals surface area contributed by atoms with Crippen molar-refractivity contribution in [2.24, 2.45) is 0 Å². The van der Waals surface area contributed by atoms with Gasteiger partial charge in [0.2, 0.25) is 0 Å². The highest BCUT2D eigenvalue weighted by molar-refractivity contribution is 5.38. The molecular weight excluding hydrogens is 240 g/mol. The molecule has 0 aromatic heterocycles. The van der Waals surface area contributed by atoms with E-state index in [1.54, 1.807) is 0 Å². The quantitative estimate of drug-likeness (QED) is 0.580. The summed E-state index contributed by atoms with van der Waals surface area (Å²) in [7, 11) is 0. The highest BCUT2D eigenvalue weighted by atomic mass is 14.2. The molecule has 0 spiro atoms. The SMILES string of the molecule is CCCCc1ccccc1C(CCC)c1ccccc1. The van der Waals surface area contributed by atoms with E-state index in [4.69, 9.17) is 0 Å². The zero-order valence-corrected chi connectivity index (χ0v) is 12.8. The number of benzene rings is 2. The number of aryl methyl sites for hydroxylation is 1. The summed E-state index contributed by atoms with van der Waals surface area (Å²) < 4.78 is 0. The molecule has 0 heteroatoms. The third-order valence-electron chi connectivity index (χ3n) is 4.01. The summed E-state index contributed by atoms with van der Waals surface area (Å²) in [4.78, 5) is 0. The Kier molecular flexibility index (Phi) is 5.86. The highest BCUT2D eigenvalue weighted by Gasteiger charge is 2.15. The molecule has 0 fully saturated rings. The van der Waals surface area contributed by atoms with Gasteiger partial charge in [0.25, 0.3) is 0 Å². The number of unbranched alkanes of at least 4 members (excludes halogenated alkanes) is 1. The van der Waals surface area contributed by atoms with Crippen LogP contribution in [0.3, 0.4) is 0 Å². The maximum absolute atomic E-state index is 2.33. The summed E-state index contributed by atoms with van der Waals surface area (Å²) in [6, 6.07) is 20.0. The molecule has 2 aromatic rings. The van der Waals surface area contributed by atoms with E-state index in [1.807, 2.05) is 0 Å². The topological polar surface area (TPSA) is 0 Å². The Morgan fingerprint density at radius 1 is 0.800 bits per heavy atom. The first-order valence-electron chi connectivity index (χ1n) is 7.99. The predicted octanol–water partition coefficient (Wildman–Crippen LogP) is 5.96. The summed E-state index contributed by atoms with van der Waals surface area (Å²) in [6.45, 7) is 4.55. The van der Waals surface area contributed by atoms with Crippen LogP contribution in [0.1, 0.15) is 62.1 Å². The van der Waals surface area contributed by atoms with Crippen LogP contribution in [0.2, 0.25) is 0 Å². The van der Waals surface area contributed by atoms with Crippen molar-refractivity contribution in [3.63, 3.8) is 0 Å². The monoisotopic (exact) mass is 266 g/mol. The van der Waals surface area contributed by atoms with E-state index in [0.717, 1.165) is 0 Å². The van der Waals surface area contributed by atoms with Crippen LogP contribution in [0, 0.1) is 0 Å². The molecule has 0 aliphatic carbocycles. The first-order chi connectivity index (χ1) is 9.86. The highest BCUT2D eigenvalue weighted by Crippen LogP contribution is 2.32. The van der Waals surface area contributed by atoms with Gasteiger partial charge in [-0.15, -0.1) is 0 Å². The van der Waals surface area contributed by atoms with Crippen LogP contribution in [0.15, 0.2) is 54.6 Å². The molecule has 2 rings (SSSR count). The lowest BCUT2D eigenvalue weighted by Gasteiger charge is -2.21. The van der Waals surface area contributed by atoms with Gasteiger partial charge < -0.3 is 0 Å². The minimum atomic E-state index is 0.550. The van der Waals surface area contributed by atoms with Crippen LogP contribution < -0.4 is 0 Å². The van der Waals surface area contributed by atoms with Crippen molar-refractivity contribution in [2.45, 2.75) is 51.9 Å². The van der Waals surface area contributed by atoms with Crippen LogP contribution >= 0.6 is 0 Å². The van der Waals surface area contributed by atoms with E-state index in [0.29, 0.717) is 5.92 Å². The molecule has 20 heavy (non-hydrogen) atoms. The van der Waals surface area contributed by atoms with E-state index in [-0.39, 0.29) is 0 Å². The zero-order valence-electron chi connectivity index (χ0n) is 12.8. The van der Waals surface area contributed by atoms with Gasteiger partial charge >= 0.3 is 0 Å². The Hall–Kier alpha value is -1.56. The van der Waals surface area contributed by atoms with Crippen molar-refractivity contribution < 1.29 is 0 Å². The van der Waals surface area contributed by atoms with Crippen molar-refractivity contribution in [1.29, 1.82) is 0 Å². The predicted molar refractivity (Wildman–Crippen MR) is 88.2 cm³/mol. The summed E-state index contributed by atoms with van der Waals surface area (Å²) in [5.41, 5.74) is 4.53. The number of hydrogen-bond acceptors (Lipinski definition) is 0. The maximum Gasteiger partial charge on any atom is 0.00919 e. The molecule has 0 bridgehead atoms. The molecule has 0 heterocycles. The molecule has 0 amide bonds. The molecular formula is C20H26. The molecule has 106 valence electrons. The zero-order chi connectivity index (χ0) is 14.2. The Bertz CT molecular complexity index is 498. The Balaban J connectivity index is 2.34. The molecule has 0 nitrogen and oxygen atoms in total. The summed E-state index contributed by atoms with van der Waals surface area (Å²) in [5, 5.41) is 0. The van der Waals surface area contributed by atoms with Crippen molar-refractivity contribution in [3.8, 4) is 0 Å². The smallest absolute Gasteiger partial charge is 0.00919 e. The summed E-state index contributed by atoms with van der Waals surface area (Å²) in [5.74, 6) is 0.550. The van der Waals surface area contributed by atoms with Crippen molar-refractivity contribution in [2.75, 3.05) is 0 Å². The normalized spacial score (nSPS) is 12.3. The second-order valence-corrected chi connectivity index (χ2v) is 5.55. The fraction of sp³-hybridized carbons (Fsp3) is 0.400. The van der Waals surface area contributed by atoms with Gasteiger partial charge in [0.05, 0.1) is 0 Å². The molecule has 0 saturated carbocycles. The summed E-state index contributed by atoms with van der Waals surface area (Å²) >= 11 is 0. The van der Waals surface area contributed by atoms with Crippen LogP contribution in [0.5, 0.6) is 0 Å². The van der Waals surface area contributed by atoms with Crippen molar-refractivity contribution >= 4 is 0 Å². The van der Waals surface area contributed by atoms with Crippen LogP contribution in [-0.4, -0.2) is 0 Å². The second kappa shape index (κ2) is 7.89. The molecule has 0 saturated heterocycles. The fourth-order valence-electron chi connectivity index (χ4n) is 2.94. The third-order valence-corrected chi connectivity index (χ3v) is 4.01. The van der Waals surface area contributed by atoms with Crippen LogP contribution in [0.25, 0.3) is 0 Å². The average Bonchev–Trinajstić information content (AvgIpc) is 2.52. The lowest BCUT2D eigenvalue weighted by atomic mass is 9.84. The standard InChI is InChI=1S/C20H26/c1-3-5-12-17-15-9-10-16-20(17)19(11-4-2)18-13-7-6-8-14-18/h6-10,13-16,19H,3-5,11-12H2,1-2H3. The minimum absolute atomic E-state index is 0.550. The summed E-state index contributed by atoms with van der Waals surface area (Å²) in [6.07, 6.45) is 6.21. The van der Waals surface area contributed by atoms with E-state index >= 15 is 0 Å². The van der Waals surface area contributed by atoms with Gasteiger partial charge in [0, 0.05) is 5.92 Å². The second-order valence-electron chi connectivity index (χ2n) is 5.55. The lowest BCUT2D eigenvalue weighted by Crippen LogP contribution is -2.05. The molecule has 1 atom stereocenters. The molecule has 0 N–H and O–H groups in total. The van der Waals surface area contributed by atoms with Gasteiger partial charge in [0.15, 0.2) is 0 Å². The van der Waals surface area contributed by atoms with Gasteiger partial charge in [-0.25, -0.2) is 0 Å². The molecule has 0 aliphatic heterocycles. The van der Waals surface area contributed by atoms with Gasteiger partial charge in [-0.1, -0.05) is 81.3 Å².